The Kier molecular flexibility index (Phi) is 9.98. The van der Waals surface area contributed by atoms with Gasteiger partial charge >= 0.3 is 106 Å². The number of aryl methyl sites for hydroxylation is 1. The van der Waals surface area contributed by atoms with Gasteiger partial charge in [-0.2, -0.15) is 0 Å². The maximum atomic E-state index is 8.37. The largest absolute Gasteiger partial charge is 0.501 e. The Hall–Kier alpha value is -3.83. The Balaban J connectivity index is 0.000000207. The van der Waals surface area contributed by atoms with Crippen LogP contribution in [-0.4, -0.2) is 23.2 Å². The van der Waals surface area contributed by atoms with Crippen molar-refractivity contribution in [1.29, 1.82) is 0 Å². The molecule has 0 aliphatic heterocycles. The monoisotopic (exact) mass is 842 g/mol. The molecule has 0 N–H and O–H groups in total. The Bertz CT molecular complexity index is 2130. The van der Waals surface area contributed by atoms with Crippen LogP contribution in [0, 0.1) is 19.1 Å². The first-order valence-corrected chi connectivity index (χ1v) is 22.7. The van der Waals surface area contributed by atoms with Gasteiger partial charge in [0.15, 0.2) is 0 Å². The van der Waals surface area contributed by atoms with Crippen molar-refractivity contribution < 1.29 is 25.9 Å². The minimum atomic E-state index is -1.77. The first kappa shape index (κ1) is 32.1. The van der Waals surface area contributed by atoms with Gasteiger partial charge in [-0.05, 0) is 29.1 Å². The fourth-order valence-electron chi connectivity index (χ4n) is 5.73. The molecular formula is C41H38GeIrN2O-2. The van der Waals surface area contributed by atoms with E-state index in [1.165, 1.54) is 9.96 Å². The number of fused-ring (bicyclic) bond motifs is 3. The molecule has 0 unspecified atom stereocenters. The third-order valence-corrected chi connectivity index (χ3v) is 12.5. The van der Waals surface area contributed by atoms with Crippen molar-refractivity contribution in [3.05, 3.63) is 139 Å². The van der Waals surface area contributed by atoms with Gasteiger partial charge in [0.25, 0.3) is 0 Å². The van der Waals surface area contributed by atoms with Crippen LogP contribution in [0.4, 0.5) is 0 Å². The number of rotatable bonds is 5. The molecule has 0 saturated heterocycles. The van der Waals surface area contributed by atoms with Crippen LogP contribution >= 0.6 is 0 Å². The first-order valence-electron chi connectivity index (χ1n) is 15.8. The molecule has 3 aromatic heterocycles. The number of hydrogen-bond acceptors (Lipinski definition) is 3. The molecule has 0 bridgehead atoms. The molecule has 3 heterocycles. The van der Waals surface area contributed by atoms with Gasteiger partial charge in [-0.3, -0.25) is 0 Å². The quantitative estimate of drug-likeness (QED) is 0.128. The number of hydrogen-bond donors (Lipinski definition) is 0. The van der Waals surface area contributed by atoms with Crippen LogP contribution in [0.5, 0.6) is 0 Å². The minimum absolute atomic E-state index is 0. The van der Waals surface area contributed by atoms with Crippen molar-refractivity contribution in [1.82, 2.24) is 9.97 Å². The summed E-state index contributed by atoms with van der Waals surface area (Å²) in [4.78, 5) is 9.16. The Labute approximate surface area is 290 Å². The van der Waals surface area contributed by atoms with Gasteiger partial charge in [0, 0.05) is 33.1 Å². The van der Waals surface area contributed by atoms with E-state index in [0.29, 0.717) is 0 Å². The van der Waals surface area contributed by atoms with E-state index in [1.54, 1.807) is 6.20 Å². The summed E-state index contributed by atoms with van der Waals surface area (Å²) in [6, 6.07) is 41.1. The summed E-state index contributed by atoms with van der Waals surface area (Å²) < 4.78 is 16.2. The molecule has 0 saturated carbocycles. The second kappa shape index (κ2) is 14.3. The molecule has 0 fully saturated rings. The molecule has 4 aromatic carbocycles. The van der Waals surface area contributed by atoms with E-state index in [-0.39, 0.29) is 20.1 Å². The summed E-state index contributed by atoms with van der Waals surface area (Å²) in [5.74, 6) is 6.50. The van der Waals surface area contributed by atoms with Gasteiger partial charge in [0.1, 0.15) is 5.58 Å². The molecule has 0 aliphatic rings. The predicted octanol–water partition coefficient (Wildman–Crippen LogP) is 10.6. The van der Waals surface area contributed by atoms with E-state index in [0.717, 1.165) is 61.1 Å². The number of pyridine rings is 2. The zero-order valence-corrected chi connectivity index (χ0v) is 31.6. The number of para-hydroxylation sites is 1. The van der Waals surface area contributed by atoms with Crippen molar-refractivity contribution in [2.75, 3.05) is 0 Å². The molecule has 0 amide bonds. The minimum Gasteiger partial charge on any atom is -0.501 e. The van der Waals surface area contributed by atoms with Crippen LogP contribution in [0.3, 0.4) is 0 Å². The van der Waals surface area contributed by atoms with Gasteiger partial charge in [-0.15, -0.1) is 12.1 Å². The van der Waals surface area contributed by atoms with Crippen molar-refractivity contribution >= 4 is 39.6 Å². The van der Waals surface area contributed by atoms with E-state index in [9.17, 15) is 0 Å². The Morgan fingerprint density at radius 2 is 1.57 bits per heavy atom. The second-order valence-electron chi connectivity index (χ2n) is 12.6. The van der Waals surface area contributed by atoms with Crippen molar-refractivity contribution in [2.45, 2.75) is 43.9 Å². The van der Waals surface area contributed by atoms with Gasteiger partial charge in [-0.25, -0.2) is 0 Å². The predicted molar refractivity (Wildman–Crippen MR) is 192 cm³/mol. The van der Waals surface area contributed by atoms with Gasteiger partial charge in [0.2, 0.25) is 0 Å². The standard InChI is InChI=1S/C26H20NO.C15H18GeN.Ir/c1-17(2)19-14-15-27-23(16-19)21-13-12-20(18-8-4-3-5-9-18)25-22-10-6-7-11-24(22)28-26(21)25;1-12-10-15(13-8-6-5-7-9-13)17-11-14(12)16(2,3)4;/h3-12,14-17H,1-2H3;5-8,10-11H,1-4H3;/q2*-1;/i17D;;. The average Bonchev–Trinajstić information content (AvgIpc) is 3.44. The molecule has 0 aliphatic carbocycles. The van der Waals surface area contributed by atoms with Crippen LogP contribution in [0.25, 0.3) is 55.6 Å². The fraction of sp³-hybridized carbons (Fsp3) is 0.171. The molecule has 1 radical (unpaired) electrons. The zero-order chi connectivity index (χ0) is 32.5. The normalized spacial score (nSPS) is 11.8. The number of aromatic nitrogens is 2. The molecule has 3 nitrogen and oxygen atoms in total. The van der Waals surface area contributed by atoms with Crippen LogP contribution in [-0.2, 0) is 20.1 Å². The third kappa shape index (κ3) is 7.10. The molecule has 0 spiro atoms. The average molecular weight is 841 g/mol. The van der Waals surface area contributed by atoms with Crippen LogP contribution in [0.15, 0.2) is 120 Å². The first-order chi connectivity index (χ1) is 22.0. The smallest absolute Gasteiger partial charge is 0.120 e. The molecule has 7 rings (SSSR count). The van der Waals surface area contributed by atoms with E-state index in [1.807, 2.05) is 86.6 Å². The third-order valence-electron chi connectivity index (χ3n) is 8.03. The van der Waals surface area contributed by atoms with Crippen LogP contribution in [0.2, 0.25) is 17.3 Å². The van der Waals surface area contributed by atoms with Gasteiger partial charge in [-0.1, -0.05) is 90.7 Å². The molecule has 0 atom stereocenters. The Morgan fingerprint density at radius 3 is 2.26 bits per heavy atom. The number of benzene rings is 4. The summed E-state index contributed by atoms with van der Waals surface area (Å²) in [7, 11) is 0. The molecular weight excluding hydrogens is 801 g/mol. The van der Waals surface area contributed by atoms with E-state index in [2.05, 4.69) is 82.8 Å². The van der Waals surface area contributed by atoms with Crippen molar-refractivity contribution in [2.24, 2.45) is 0 Å². The zero-order valence-electron chi connectivity index (χ0n) is 28.1. The summed E-state index contributed by atoms with van der Waals surface area (Å²) in [6.45, 7) is 5.95. The van der Waals surface area contributed by atoms with E-state index in [4.69, 9.17) is 5.79 Å². The maximum absolute atomic E-state index is 8.37. The number of nitrogens with zero attached hydrogens (tertiary/aromatic N) is 2. The molecule has 5 heteroatoms. The van der Waals surface area contributed by atoms with Crippen LogP contribution < -0.4 is 4.40 Å². The van der Waals surface area contributed by atoms with Crippen LogP contribution in [0.1, 0.15) is 32.2 Å². The van der Waals surface area contributed by atoms with E-state index < -0.39 is 19.2 Å². The molecule has 7 aromatic rings. The molecule has 46 heavy (non-hydrogen) atoms. The van der Waals surface area contributed by atoms with Crippen molar-refractivity contribution in [3.63, 3.8) is 0 Å². The van der Waals surface area contributed by atoms with E-state index >= 15 is 0 Å². The summed E-state index contributed by atoms with van der Waals surface area (Å²) in [5, 5.41) is 2.14. The molecule has 233 valence electrons. The van der Waals surface area contributed by atoms with Gasteiger partial charge < -0.3 is 9.40 Å². The van der Waals surface area contributed by atoms with Crippen molar-refractivity contribution in [3.8, 4) is 33.6 Å². The summed E-state index contributed by atoms with van der Waals surface area (Å²) in [5.41, 5.74) is 9.81. The fourth-order valence-corrected chi connectivity index (χ4v) is 9.31. The summed E-state index contributed by atoms with van der Waals surface area (Å²) >= 11 is -1.77. The van der Waals surface area contributed by atoms with Gasteiger partial charge in [0.05, 0.1) is 5.58 Å². The Morgan fingerprint density at radius 1 is 0.826 bits per heavy atom. The number of furan rings is 1. The SMILES string of the molecule is Cc1cc(-c2[c-]cccc2)nc[c]1[Ge]([CH3])([CH3])[CH3].[2H]C(C)(C)c1ccnc(-c2[c-]cc(-c3ccccc3)c3c2oc2ccccc23)c1.[Ir]. The second-order valence-corrected chi connectivity index (χ2v) is 23.2. The topological polar surface area (TPSA) is 38.9 Å². The maximum Gasteiger partial charge on any atom is 0.120 e. The summed E-state index contributed by atoms with van der Waals surface area (Å²) in [6.07, 6.45) is 3.83.